The summed E-state index contributed by atoms with van der Waals surface area (Å²) in [6.07, 6.45) is 4.50. The van der Waals surface area contributed by atoms with Crippen molar-refractivity contribution in [1.29, 1.82) is 0 Å². The van der Waals surface area contributed by atoms with Gasteiger partial charge in [-0.05, 0) is 49.9 Å². The van der Waals surface area contributed by atoms with Crippen LogP contribution in [0.2, 0.25) is 5.02 Å². The minimum atomic E-state index is 0.00855. The number of carbonyl (C=O) groups excluding carboxylic acids is 1. The summed E-state index contributed by atoms with van der Waals surface area (Å²) in [6.45, 7) is 4.17. The highest BCUT2D eigenvalue weighted by Gasteiger charge is 2.26. The zero-order valence-corrected chi connectivity index (χ0v) is 15.2. The largest absolute Gasteiger partial charge is 0.356 e. The Morgan fingerprint density at radius 2 is 2.12 bits per heavy atom. The molecule has 1 N–H and O–H groups in total. The minimum Gasteiger partial charge on any atom is -0.356 e. The van der Waals surface area contributed by atoms with Crippen molar-refractivity contribution >= 4 is 23.3 Å². The first kappa shape index (κ1) is 17.7. The van der Waals surface area contributed by atoms with Gasteiger partial charge in [0.2, 0.25) is 5.91 Å². The summed E-state index contributed by atoms with van der Waals surface area (Å²) in [5.74, 6) is 1.80. The summed E-state index contributed by atoms with van der Waals surface area (Å²) >= 11 is 5.89. The predicted octanol–water partition coefficient (Wildman–Crippen LogP) is 3.01. The quantitative estimate of drug-likeness (QED) is 0.892. The van der Waals surface area contributed by atoms with E-state index in [2.05, 4.69) is 20.2 Å². The molecule has 6 heteroatoms. The lowest BCUT2D eigenvalue weighted by Crippen LogP contribution is -2.43. The van der Waals surface area contributed by atoms with Crippen molar-refractivity contribution in [3.63, 3.8) is 0 Å². The molecule has 2 aromatic rings. The van der Waals surface area contributed by atoms with Gasteiger partial charge in [-0.15, -0.1) is 0 Å². The maximum absolute atomic E-state index is 12.5. The van der Waals surface area contributed by atoms with Crippen molar-refractivity contribution < 1.29 is 4.79 Å². The molecule has 25 heavy (non-hydrogen) atoms. The van der Waals surface area contributed by atoms with E-state index in [0.717, 1.165) is 42.5 Å². The number of aromatic nitrogens is 2. The SMILES string of the molecule is Cc1nccc(N2CCC[C@@H](C(=O)NCCc3ccc(Cl)cc3)C2)n1. The fourth-order valence-corrected chi connectivity index (χ4v) is 3.27. The summed E-state index contributed by atoms with van der Waals surface area (Å²) in [5, 5.41) is 3.80. The fourth-order valence-electron chi connectivity index (χ4n) is 3.14. The van der Waals surface area contributed by atoms with Gasteiger partial charge < -0.3 is 10.2 Å². The van der Waals surface area contributed by atoms with E-state index in [1.54, 1.807) is 6.20 Å². The smallest absolute Gasteiger partial charge is 0.224 e. The number of halogens is 1. The molecule has 2 heterocycles. The van der Waals surface area contributed by atoms with E-state index in [0.29, 0.717) is 13.1 Å². The van der Waals surface area contributed by atoms with Crippen LogP contribution in [0.4, 0.5) is 5.82 Å². The van der Waals surface area contributed by atoms with Gasteiger partial charge in [0.05, 0.1) is 5.92 Å². The Morgan fingerprint density at radius 3 is 2.88 bits per heavy atom. The third kappa shape index (κ3) is 4.92. The molecule has 1 aliphatic heterocycles. The molecule has 1 aromatic heterocycles. The Hall–Kier alpha value is -2.14. The molecular formula is C19H23ClN4O. The second-order valence-electron chi connectivity index (χ2n) is 6.41. The van der Waals surface area contributed by atoms with Crippen LogP contribution in [0.1, 0.15) is 24.2 Å². The summed E-state index contributed by atoms with van der Waals surface area (Å²) in [6, 6.07) is 9.65. The Bertz CT molecular complexity index is 720. The van der Waals surface area contributed by atoms with Crippen LogP contribution in [-0.2, 0) is 11.2 Å². The van der Waals surface area contributed by atoms with Crippen molar-refractivity contribution in [2.45, 2.75) is 26.2 Å². The van der Waals surface area contributed by atoms with Gasteiger partial charge in [-0.2, -0.15) is 0 Å². The molecular weight excluding hydrogens is 336 g/mol. The van der Waals surface area contributed by atoms with Gasteiger partial charge in [0.25, 0.3) is 0 Å². The van der Waals surface area contributed by atoms with Gasteiger partial charge in [0.1, 0.15) is 11.6 Å². The second-order valence-corrected chi connectivity index (χ2v) is 6.85. The molecule has 0 bridgehead atoms. The first-order valence-corrected chi connectivity index (χ1v) is 9.06. The normalized spacial score (nSPS) is 17.4. The van der Waals surface area contributed by atoms with Gasteiger partial charge in [-0.3, -0.25) is 4.79 Å². The summed E-state index contributed by atoms with van der Waals surface area (Å²) in [4.78, 5) is 23.3. The van der Waals surface area contributed by atoms with E-state index >= 15 is 0 Å². The molecule has 1 aliphatic rings. The number of hydrogen-bond donors (Lipinski definition) is 1. The average molecular weight is 359 g/mol. The summed E-state index contributed by atoms with van der Waals surface area (Å²) in [5.41, 5.74) is 1.17. The Kier molecular flexibility index (Phi) is 5.87. The number of anilines is 1. The molecule has 0 unspecified atom stereocenters. The number of rotatable bonds is 5. The molecule has 1 amide bonds. The first-order chi connectivity index (χ1) is 12.1. The van der Waals surface area contributed by atoms with Crippen LogP contribution in [0.25, 0.3) is 0 Å². The van der Waals surface area contributed by atoms with Gasteiger partial charge in [0, 0.05) is 30.9 Å². The molecule has 1 aromatic carbocycles. The van der Waals surface area contributed by atoms with Crippen LogP contribution in [-0.4, -0.2) is 35.5 Å². The fraction of sp³-hybridized carbons (Fsp3) is 0.421. The van der Waals surface area contributed by atoms with Crippen LogP contribution in [0, 0.1) is 12.8 Å². The van der Waals surface area contributed by atoms with Crippen LogP contribution in [0.5, 0.6) is 0 Å². The van der Waals surface area contributed by atoms with Gasteiger partial charge in [0.15, 0.2) is 0 Å². The molecule has 0 aliphatic carbocycles. The zero-order valence-electron chi connectivity index (χ0n) is 14.4. The highest BCUT2D eigenvalue weighted by molar-refractivity contribution is 6.30. The van der Waals surface area contributed by atoms with E-state index in [4.69, 9.17) is 11.6 Å². The Labute approximate surface area is 153 Å². The van der Waals surface area contributed by atoms with Gasteiger partial charge >= 0.3 is 0 Å². The molecule has 0 saturated carbocycles. The maximum Gasteiger partial charge on any atom is 0.224 e. The zero-order chi connectivity index (χ0) is 17.6. The van der Waals surface area contributed by atoms with Gasteiger partial charge in [-0.25, -0.2) is 9.97 Å². The van der Waals surface area contributed by atoms with Crippen molar-refractivity contribution in [1.82, 2.24) is 15.3 Å². The van der Waals surface area contributed by atoms with Crippen molar-refractivity contribution in [3.8, 4) is 0 Å². The van der Waals surface area contributed by atoms with Crippen molar-refractivity contribution in [3.05, 3.63) is 52.9 Å². The molecule has 0 spiro atoms. The molecule has 5 nitrogen and oxygen atoms in total. The van der Waals surface area contributed by atoms with Crippen LogP contribution < -0.4 is 10.2 Å². The van der Waals surface area contributed by atoms with E-state index in [9.17, 15) is 4.79 Å². The number of hydrogen-bond acceptors (Lipinski definition) is 4. The number of carbonyl (C=O) groups is 1. The van der Waals surface area contributed by atoms with E-state index in [1.165, 1.54) is 5.56 Å². The number of piperidine rings is 1. The lowest BCUT2D eigenvalue weighted by atomic mass is 9.97. The molecule has 3 rings (SSSR count). The third-order valence-corrected chi connectivity index (χ3v) is 4.76. The first-order valence-electron chi connectivity index (χ1n) is 8.68. The molecule has 1 atom stereocenters. The predicted molar refractivity (Wildman–Crippen MR) is 99.9 cm³/mol. The lowest BCUT2D eigenvalue weighted by Gasteiger charge is -2.32. The number of nitrogens with zero attached hydrogens (tertiary/aromatic N) is 3. The van der Waals surface area contributed by atoms with Crippen LogP contribution in [0.3, 0.4) is 0 Å². The van der Waals surface area contributed by atoms with Crippen molar-refractivity contribution in [2.24, 2.45) is 5.92 Å². The molecule has 1 saturated heterocycles. The Morgan fingerprint density at radius 1 is 1.32 bits per heavy atom. The summed E-state index contributed by atoms with van der Waals surface area (Å²) < 4.78 is 0. The minimum absolute atomic E-state index is 0.00855. The molecule has 1 fully saturated rings. The monoisotopic (exact) mass is 358 g/mol. The lowest BCUT2D eigenvalue weighted by molar-refractivity contribution is -0.125. The standard InChI is InChI=1S/C19H23ClN4O/c1-14-21-11-9-18(23-14)24-12-2-3-16(13-24)19(25)22-10-8-15-4-6-17(20)7-5-15/h4-7,9,11,16H,2-3,8,10,12-13H2,1H3,(H,22,25)/t16-/m1/s1. The second kappa shape index (κ2) is 8.30. The van der Waals surface area contributed by atoms with Crippen molar-refractivity contribution in [2.75, 3.05) is 24.5 Å². The number of nitrogens with one attached hydrogen (secondary N) is 1. The number of aryl methyl sites for hydroxylation is 1. The third-order valence-electron chi connectivity index (χ3n) is 4.50. The average Bonchev–Trinajstić information content (AvgIpc) is 2.63. The molecule has 0 radical (unpaired) electrons. The van der Waals surface area contributed by atoms with Crippen LogP contribution >= 0.6 is 11.6 Å². The maximum atomic E-state index is 12.5. The summed E-state index contributed by atoms with van der Waals surface area (Å²) in [7, 11) is 0. The number of amides is 1. The molecule has 132 valence electrons. The topological polar surface area (TPSA) is 58.1 Å². The van der Waals surface area contributed by atoms with Crippen LogP contribution in [0.15, 0.2) is 36.5 Å². The van der Waals surface area contributed by atoms with E-state index in [-0.39, 0.29) is 11.8 Å². The van der Waals surface area contributed by atoms with E-state index in [1.807, 2.05) is 37.3 Å². The van der Waals surface area contributed by atoms with E-state index < -0.39 is 0 Å². The Balaban J connectivity index is 1.50. The highest BCUT2D eigenvalue weighted by Crippen LogP contribution is 2.21. The number of benzene rings is 1. The highest BCUT2D eigenvalue weighted by atomic mass is 35.5. The van der Waals surface area contributed by atoms with Gasteiger partial charge in [-0.1, -0.05) is 23.7 Å².